The fourth-order valence-corrected chi connectivity index (χ4v) is 3.07. The zero-order chi connectivity index (χ0) is 17.1. The zero-order valence-electron chi connectivity index (χ0n) is 12.6. The van der Waals surface area contributed by atoms with Crippen molar-refractivity contribution in [2.75, 3.05) is 17.0 Å². The third-order valence-corrected chi connectivity index (χ3v) is 4.32. The fourth-order valence-electron chi connectivity index (χ4n) is 3.07. The number of ether oxygens (including phenoxy) is 1. The van der Waals surface area contributed by atoms with Gasteiger partial charge < -0.3 is 20.1 Å². The fraction of sp³-hybridized carbons (Fsp3) is 0.429. The number of nitrogens with one attached hydrogen (secondary N) is 1. The topological polar surface area (TPSA) is 141 Å². The predicted octanol–water partition coefficient (Wildman–Crippen LogP) is -1.64. The van der Waals surface area contributed by atoms with Gasteiger partial charge in [0.1, 0.15) is 24.1 Å². The van der Waals surface area contributed by atoms with E-state index in [0.29, 0.717) is 16.9 Å². The molecule has 4 rings (SSSR count). The Balaban J connectivity index is 1.84. The van der Waals surface area contributed by atoms with Crippen LogP contribution in [-0.4, -0.2) is 60.9 Å². The largest absolute Gasteiger partial charge is 0.394 e. The molecule has 0 spiro atoms. The molecular weight excluding hydrogens is 318 g/mol. The number of nitrogens with zero attached hydrogens (tertiary/aromatic N) is 4. The van der Waals surface area contributed by atoms with Crippen molar-refractivity contribution in [3.05, 3.63) is 28.8 Å². The molecule has 1 saturated heterocycles. The van der Waals surface area contributed by atoms with Crippen molar-refractivity contribution < 1.29 is 20.1 Å². The second-order valence-corrected chi connectivity index (χ2v) is 5.95. The standard InChI is InChI=1S/C14H15N5O5/c1-14(23)10(22)7(4-20)24-13(14)19-12-9-6(18-19)2-3-8(21)17-11(9)15-5-16-12/h2-3,5,7,10,13,18,20,22-23H,4H2,1H3/t7-,10-,13-,14-/m1/s1. The molecule has 4 atom stereocenters. The first-order chi connectivity index (χ1) is 11.4. The third-order valence-electron chi connectivity index (χ3n) is 4.32. The van der Waals surface area contributed by atoms with Gasteiger partial charge in [0.2, 0.25) is 0 Å². The molecule has 24 heavy (non-hydrogen) atoms. The van der Waals surface area contributed by atoms with E-state index >= 15 is 0 Å². The lowest BCUT2D eigenvalue weighted by Crippen LogP contribution is -2.54. The molecule has 4 heterocycles. The summed E-state index contributed by atoms with van der Waals surface area (Å²) in [6.07, 6.45) is -1.99. The van der Waals surface area contributed by atoms with E-state index in [4.69, 9.17) is 4.74 Å². The molecule has 0 amide bonds. The number of hydrazine groups is 1. The second-order valence-electron chi connectivity index (χ2n) is 5.95. The van der Waals surface area contributed by atoms with Crippen LogP contribution in [0.3, 0.4) is 0 Å². The summed E-state index contributed by atoms with van der Waals surface area (Å²) >= 11 is 0. The molecule has 1 fully saturated rings. The van der Waals surface area contributed by atoms with Gasteiger partial charge in [0.15, 0.2) is 17.7 Å². The monoisotopic (exact) mass is 333 g/mol. The van der Waals surface area contributed by atoms with E-state index in [1.165, 1.54) is 30.4 Å². The van der Waals surface area contributed by atoms with E-state index in [1.54, 1.807) is 0 Å². The lowest BCUT2D eigenvalue weighted by Gasteiger charge is -2.34. The number of aromatic nitrogens is 3. The Morgan fingerprint density at radius 2 is 2.21 bits per heavy atom. The molecule has 4 N–H and O–H groups in total. The molecule has 2 aromatic rings. The van der Waals surface area contributed by atoms with Crippen LogP contribution in [0, 0.1) is 0 Å². The maximum atomic E-state index is 11.6. The van der Waals surface area contributed by atoms with Crippen LogP contribution < -0.4 is 16.0 Å². The van der Waals surface area contributed by atoms with Crippen molar-refractivity contribution in [1.29, 1.82) is 0 Å². The van der Waals surface area contributed by atoms with E-state index in [1.807, 2.05) is 0 Å². The highest BCUT2D eigenvalue weighted by atomic mass is 16.6. The minimum Gasteiger partial charge on any atom is -0.394 e. The second kappa shape index (κ2) is 5.05. The van der Waals surface area contributed by atoms with E-state index in [2.05, 4.69) is 20.4 Å². The van der Waals surface area contributed by atoms with Crippen LogP contribution in [0.2, 0.25) is 0 Å². The van der Waals surface area contributed by atoms with Gasteiger partial charge in [-0.15, -0.1) is 0 Å². The summed E-state index contributed by atoms with van der Waals surface area (Å²) in [7, 11) is 0. The van der Waals surface area contributed by atoms with Gasteiger partial charge in [-0.25, -0.2) is 15.0 Å². The molecule has 2 aliphatic rings. The zero-order valence-corrected chi connectivity index (χ0v) is 12.6. The minimum absolute atomic E-state index is 0.205. The quantitative estimate of drug-likeness (QED) is 0.505. The summed E-state index contributed by atoms with van der Waals surface area (Å²) in [6.45, 7) is 0.971. The van der Waals surface area contributed by atoms with Crippen molar-refractivity contribution in [3.63, 3.8) is 0 Å². The van der Waals surface area contributed by atoms with Gasteiger partial charge in [-0.2, -0.15) is 4.98 Å². The van der Waals surface area contributed by atoms with Gasteiger partial charge >= 0.3 is 0 Å². The van der Waals surface area contributed by atoms with Crippen LogP contribution in [0.25, 0.3) is 11.0 Å². The number of anilines is 2. The molecule has 0 aromatic carbocycles. The number of rotatable bonds is 2. The maximum absolute atomic E-state index is 11.6. The Kier molecular flexibility index (Phi) is 3.18. The normalized spacial score (nSPS) is 31.5. The SMILES string of the molecule is C[C@@]1(O)[C@H](O)[C@@H](CO)O[C@H]1N1Nc2ccc(=O)nc3ncnc1c23. The maximum Gasteiger partial charge on any atom is 0.271 e. The van der Waals surface area contributed by atoms with Gasteiger partial charge in [-0.1, -0.05) is 0 Å². The Morgan fingerprint density at radius 3 is 2.92 bits per heavy atom. The first-order valence-electron chi connectivity index (χ1n) is 7.32. The highest BCUT2D eigenvalue weighted by molar-refractivity contribution is 6.02. The van der Waals surface area contributed by atoms with E-state index < -0.39 is 36.2 Å². The molecule has 0 saturated carbocycles. The Morgan fingerprint density at radius 1 is 1.42 bits per heavy atom. The molecule has 0 unspecified atom stereocenters. The van der Waals surface area contributed by atoms with Gasteiger partial charge in [0.05, 0.1) is 17.7 Å². The molecule has 10 heteroatoms. The summed E-state index contributed by atoms with van der Waals surface area (Å²) < 4.78 is 5.60. The Labute approximate surface area is 135 Å². The lowest BCUT2D eigenvalue weighted by molar-refractivity contribution is -0.0621. The van der Waals surface area contributed by atoms with Gasteiger partial charge in [-0.05, 0) is 13.0 Å². The summed E-state index contributed by atoms with van der Waals surface area (Å²) in [5, 5.41) is 32.0. The number of aliphatic hydroxyl groups is 3. The predicted molar refractivity (Wildman–Crippen MR) is 82.1 cm³/mol. The van der Waals surface area contributed by atoms with E-state index in [0.717, 1.165) is 0 Å². The molecule has 10 nitrogen and oxygen atoms in total. The Bertz CT molecular complexity index is 876. The smallest absolute Gasteiger partial charge is 0.271 e. The first-order valence-corrected chi connectivity index (χ1v) is 7.32. The molecule has 0 bridgehead atoms. The average Bonchev–Trinajstić information content (AvgIpc) is 2.95. The number of aliphatic hydroxyl groups excluding tert-OH is 2. The van der Waals surface area contributed by atoms with Crippen LogP contribution in [0.5, 0.6) is 0 Å². The number of hydrogen-bond donors (Lipinski definition) is 4. The number of hydrogen-bond acceptors (Lipinski definition) is 10. The summed E-state index contributed by atoms with van der Waals surface area (Å²) in [6, 6.07) is 2.82. The highest BCUT2D eigenvalue weighted by Crippen LogP contribution is 2.41. The van der Waals surface area contributed by atoms with E-state index in [-0.39, 0.29) is 5.65 Å². The lowest BCUT2D eigenvalue weighted by atomic mass is 9.96. The van der Waals surface area contributed by atoms with Crippen LogP contribution in [0.1, 0.15) is 6.92 Å². The van der Waals surface area contributed by atoms with Crippen molar-refractivity contribution in [2.24, 2.45) is 0 Å². The molecular formula is C14H15N5O5. The van der Waals surface area contributed by atoms with Crippen molar-refractivity contribution >= 4 is 22.5 Å². The third kappa shape index (κ3) is 1.97. The van der Waals surface area contributed by atoms with Crippen molar-refractivity contribution in [2.45, 2.75) is 31.0 Å². The van der Waals surface area contributed by atoms with Gasteiger partial charge in [0.25, 0.3) is 5.56 Å². The molecule has 126 valence electrons. The molecule has 2 aliphatic heterocycles. The summed E-state index contributed by atoms with van der Waals surface area (Å²) in [5.74, 6) is 0.356. The van der Waals surface area contributed by atoms with Crippen LogP contribution in [0.15, 0.2) is 23.3 Å². The molecule has 2 aromatic heterocycles. The minimum atomic E-state index is -1.67. The summed E-state index contributed by atoms with van der Waals surface area (Å²) in [5.41, 5.74) is 1.62. The van der Waals surface area contributed by atoms with Crippen LogP contribution in [-0.2, 0) is 4.74 Å². The van der Waals surface area contributed by atoms with Crippen molar-refractivity contribution in [3.8, 4) is 0 Å². The van der Waals surface area contributed by atoms with Crippen molar-refractivity contribution in [1.82, 2.24) is 15.0 Å². The van der Waals surface area contributed by atoms with E-state index in [9.17, 15) is 20.1 Å². The molecule has 0 radical (unpaired) electrons. The van der Waals surface area contributed by atoms with Gasteiger partial charge in [0, 0.05) is 6.07 Å². The Hall–Kier alpha value is -2.40. The van der Waals surface area contributed by atoms with Crippen LogP contribution >= 0.6 is 0 Å². The average molecular weight is 333 g/mol. The highest BCUT2D eigenvalue weighted by Gasteiger charge is 2.55. The first kappa shape index (κ1) is 15.1. The summed E-state index contributed by atoms with van der Waals surface area (Å²) in [4.78, 5) is 23.7. The van der Waals surface area contributed by atoms with Crippen LogP contribution in [0.4, 0.5) is 11.5 Å². The van der Waals surface area contributed by atoms with Gasteiger partial charge in [-0.3, -0.25) is 10.2 Å². The molecule has 0 aliphatic carbocycles.